The zero-order valence-corrected chi connectivity index (χ0v) is 15.5. The third-order valence-corrected chi connectivity index (χ3v) is 4.83. The van der Waals surface area contributed by atoms with Crippen LogP contribution < -0.4 is 9.62 Å². The van der Waals surface area contributed by atoms with E-state index >= 15 is 0 Å². The molecule has 0 saturated heterocycles. The van der Waals surface area contributed by atoms with E-state index in [4.69, 9.17) is 11.6 Å². The smallest absolute Gasteiger partial charge is 0.271 e. The van der Waals surface area contributed by atoms with Crippen molar-refractivity contribution in [1.29, 1.82) is 0 Å². The van der Waals surface area contributed by atoms with E-state index in [0.717, 1.165) is 10.6 Å². The number of anilines is 2. The molecule has 0 unspecified atom stereocenters. The zero-order valence-electron chi connectivity index (χ0n) is 14.0. The Kier molecular flexibility index (Phi) is 5.83. The van der Waals surface area contributed by atoms with Gasteiger partial charge in [0.05, 0.1) is 16.9 Å². The van der Waals surface area contributed by atoms with Gasteiger partial charge in [0, 0.05) is 22.8 Å². The Morgan fingerprint density at radius 1 is 1.27 bits per heavy atom. The maximum absolute atomic E-state index is 12.3. The summed E-state index contributed by atoms with van der Waals surface area (Å²) in [4.78, 5) is 22.5. The predicted molar refractivity (Wildman–Crippen MR) is 100 cm³/mol. The Morgan fingerprint density at radius 2 is 1.96 bits per heavy atom. The van der Waals surface area contributed by atoms with Gasteiger partial charge in [-0.15, -0.1) is 0 Å². The van der Waals surface area contributed by atoms with Crippen LogP contribution >= 0.6 is 11.6 Å². The van der Waals surface area contributed by atoms with E-state index < -0.39 is 27.4 Å². The number of hydrogen-bond acceptors (Lipinski definition) is 5. The van der Waals surface area contributed by atoms with Crippen molar-refractivity contribution in [2.45, 2.75) is 6.92 Å². The van der Waals surface area contributed by atoms with Crippen molar-refractivity contribution in [2.75, 3.05) is 22.4 Å². The lowest BCUT2D eigenvalue weighted by atomic mass is 10.2. The van der Waals surface area contributed by atoms with Gasteiger partial charge >= 0.3 is 0 Å². The van der Waals surface area contributed by atoms with Crippen LogP contribution in [0.2, 0.25) is 5.02 Å². The summed E-state index contributed by atoms with van der Waals surface area (Å²) in [6.07, 6.45) is 0.980. The Bertz CT molecular complexity index is 962. The second-order valence-corrected chi connectivity index (χ2v) is 7.90. The number of nitrogens with one attached hydrogen (secondary N) is 1. The van der Waals surface area contributed by atoms with Crippen molar-refractivity contribution in [1.82, 2.24) is 0 Å². The van der Waals surface area contributed by atoms with Gasteiger partial charge in [0.1, 0.15) is 6.54 Å². The Hall–Kier alpha value is -2.65. The van der Waals surface area contributed by atoms with Crippen LogP contribution in [0.4, 0.5) is 17.1 Å². The number of rotatable bonds is 6. The van der Waals surface area contributed by atoms with Crippen molar-refractivity contribution in [3.63, 3.8) is 0 Å². The van der Waals surface area contributed by atoms with Gasteiger partial charge in [0.25, 0.3) is 5.69 Å². The number of carbonyl (C=O) groups is 1. The summed E-state index contributed by atoms with van der Waals surface area (Å²) in [7, 11) is -3.76. The molecule has 2 aromatic rings. The number of carbonyl (C=O) groups excluding carboxylic acids is 1. The van der Waals surface area contributed by atoms with Crippen molar-refractivity contribution >= 4 is 44.6 Å². The lowest BCUT2D eigenvalue weighted by Crippen LogP contribution is -2.37. The monoisotopic (exact) mass is 397 g/mol. The first kappa shape index (κ1) is 19.7. The largest absolute Gasteiger partial charge is 0.324 e. The van der Waals surface area contributed by atoms with Crippen molar-refractivity contribution < 1.29 is 18.1 Å². The Labute approximate surface area is 155 Å². The summed E-state index contributed by atoms with van der Waals surface area (Å²) in [5.41, 5.74) is 0.922. The number of halogens is 1. The first-order valence-electron chi connectivity index (χ1n) is 7.36. The van der Waals surface area contributed by atoms with Gasteiger partial charge in [0.15, 0.2) is 0 Å². The Morgan fingerprint density at radius 3 is 2.58 bits per heavy atom. The molecular weight excluding hydrogens is 382 g/mol. The number of nitro benzene ring substituents is 1. The van der Waals surface area contributed by atoms with Gasteiger partial charge in [0.2, 0.25) is 15.9 Å². The number of nitro groups is 1. The SMILES string of the molecule is Cc1ccc(Cl)cc1N(CC(=O)Nc1cccc([N+](=O)[O-])c1)S(C)(=O)=O. The van der Waals surface area contributed by atoms with Crippen LogP contribution in [0, 0.1) is 17.0 Å². The highest BCUT2D eigenvalue weighted by atomic mass is 35.5. The molecule has 0 radical (unpaired) electrons. The summed E-state index contributed by atoms with van der Waals surface area (Å²) in [6.45, 7) is 1.20. The summed E-state index contributed by atoms with van der Waals surface area (Å²) < 4.78 is 25.2. The van der Waals surface area contributed by atoms with E-state index in [9.17, 15) is 23.3 Å². The normalized spacial score (nSPS) is 11.0. The van der Waals surface area contributed by atoms with Gasteiger partial charge in [-0.3, -0.25) is 19.2 Å². The van der Waals surface area contributed by atoms with Crippen LogP contribution in [0.15, 0.2) is 42.5 Å². The molecule has 0 heterocycles. The molecule has 8 nitrogen and oxygen atoms in total. The standard InChI is InChI=1S/C16H16ClN3O5S/c1-11-6-7-12(17)8-15(11)19(26(2,24)25)10-16(21)18-13-4-3-5-14(9-13)20(22)23/h3-9H,10H2,1-2H3,(H,18,21). The highest BCUT2D eigenvalue weighted by Gasteiger charge is 2.23. The van der Waals surface area contributed by atoms with Crippen LogP contribution in [0.3, 0.4) is 0 Å². The van der Waals surface area contributed by atoms with Gasteiger partial charge in [-0.1, -0.05) is 23.7 Å². The van der Waals surface area contributed by atoms with E-state index in [1.54, 1.807) is 19.1 Å². The quantitative estimate of drug-likeness (QED) is 0.595. The first-order chi connectivity index (χ1) is 12.1. The van der Waals surface area contributed by atoms with Crippen LogP contribution in [0.25, 0.3) is 0 Å². The first-order valence-corrected chi connectivity index (χ1v) is 9.59. The number of aryl methyl sites for hydroxylation is 1. The molecule has 10 heteroatoms. The minimum absolute atomic E-state index is 0.187. The molecule has 1 amide bonds. The number of amides is 1. The summed E-state index contributed by atoms with van der Waals surface area (Å²) in [5, 5.41) is 13.6. The van der Waals surface area contributed by atoms with Crippen LogP contribution in [0.1, 0.15) is 5.56 Å². The minimum Gasteiger partial charge on any atom is -0.324 e. The fourth-order valence-corrected chi connectivity index (χ4v) is 3.33. The molecule has 1 N–H and O–H groups in total. The molecule has 0 saturated carbocycles. The molecule has 0 aliphatic heterocycles. The Balaban J connectivity index is 2.27. The zero-order chi connectivity index (χ0) is 19.5. The molecule has 0 atom stereocenters. The molecule has 2 rings (SSSR count). The molecule has 2 aromatic carbocycles. The van der Waals surface area contributed by atoms with Crippen molar-refractivity contribution in [3.05, 3.63) is 63.2 Å². The minimum atomic E-state index is -3.76. The summed E-state index contributed by atoms with van der Waals surface area (Å²) >= 11 is 5.94. The third-order valence-electron chi connectivity index (χ3n) is 3.47. The molecule has 0 fully saturated rings. The second kappa shape index (κ2) is 7.71. The molecule has 0 aliphatic rings. The molecular formula is C16H16ClN3O5S. The fraction of sp³-hybridized carbons (Fsp3) is 0.188. The number of benzene rings is 2. The fourth-order valence-electron chi connectivity index (χ4n) is 2.26. The second-order valence-electron chi connectivity index (χ2n) is 5.56. The summed E-state index contributed by atoms with van der Waals surface area (Å²) in [5.74, 6) is -0.643. The molecule has 0 aliphatic carbocycles. The van der Waals surface area contributed by atoms with Gasteiger partial charge in [-0.05, 0) is 30.7 Å². The molecule has 26 heavy (non-hydrogen) atoms. The number of non-ortho nitro benzene ring substituents is 1. The lowest BCUT2D eigenvalue weighted by molar-refractivity contribution is -0.384. The van der Waals surface area contributed by atoms with Crippen LogP contribution in [0.5, 0.6) is 0 Å². The maximum Gasteiger partial charge on any atom is 0.271 e. The average Bonchev–Trinajstić information content (AvgIpc) is 2.54. The summed E-state index contributed by atoms with van der Waals surface area (Å²) in [6, 6.07) is 10.1. The van der Waals surface area contributed by atoms with Gasteiger partial charge in [-0.25, -0.2) is 8.42 Å². The highest BCUT2D eigenvalue weighted by Crippen LogP contribution is 2.26. The number of nitrogens with zero attached hydrogens (tertiary/aromatic N) is 2. The topological polar surface area (TPSA) is 110 Å². The van der Waals surface area contributed by atoms with E-state index in [0.29, 0.717) is 10.6 Å². The molecule has 0 aromatic heterocycles. The maximum atomic E-state index is 12.3. The van der Waals surface area contributed by atoms with Crippen LogP contribution in [-0.2, 0) is 14.8 Å². The van der Waals surface area contributed by atoms with Crippen LogP contribution in [-0.4, -0.2) is 32.0 Å². The van der Waals surface area contributed by atoms with E-state index in [2.05, 4.69) is 5.32 Å². The predicted octanol–water partition coefficient (Wildman–Crippen LogP) is 2.96. The molecule has 138 valence electrons. The van der Waals surface area contributed by atoms with Crippen molar-refractivity contribution in [2.24, 2.45) is 0 Å². The van der Waals surface area contributed by atoms with E-state index in [-0.39, 0.29) is 17.1 Å². The lowest BCUT2D eigenvalue weighted by Gasteiger charge is -2.23. The highest BCUT2D eigenvalue weighted by molar-refractivity contribution is 7.92. The number of sulfonamides is 1. The van der Waals surface area contributed by atoms with Gasteiger partial charge in [-0.2, -0.15) is 0 Å². The van der Waals surface area contributed by atoms with E-state index in [1.807, 2.05) is 0 Å². The molecule has 0 spiro atoms. The van der Waals surface area contributed by atoms with Crippen molar-refractivity contribution in [3.8, 4) is 0 Å². The third kappa shape index (κ3) is 4.93. The van der Waals surface area contributed by atoms with Gasteiger partial charge < -0.3 is 5.32 Å². The van der Waals surface area contributed by atoms with E-state index in [1.165, 1.54) is 30.3 Å². The number of hydrogen-bond donors (Lipinski definition) is 1. The average molecular weight is 398 g/mol. The molecule has 0 bridgehead atoms.